The minimum absolute atomic E-state index is 0.180. The van der Waals surface area contributed by atoms with Gasteiger partial charge in [0.05, 0.1) is 13.2 Å². The Morgan fingerprint density at radius 3 is 2.47 bits per heavy atom. The zero-order valence-electron chi connectivity index (χ0n) is 10.4. The molecule has 0 aliphatic carbocycles. The largest absolute Gasteiger partial charge is 0.394 e. The first-order valence-electron chi connectivity index (χ1n) is 5.74. The molecule has 1 heterocycles. The molecule has 7 nitrogen and oxygen atoms in total. The second-order valence-corrected chi connectivity index (χ2v) is 5.39. The molecule has 9 heteroatoms. The molecule has 112 valence electrons. The van der Waals surface area contributed by atoms with Crippen molar-refractivity contribution in [3.8, 4) is 0 Å². The number of aliphatic hydroxyl groups excluding tert-OH is 4. The van der Waals surface area contributed by atoms with E-state index in [-0.39, 0.29) is 6.61 Å². The van der Waals surface area contributed by atoms with Gasteiger partial charge in [0.1, 0.15) is 28.7 Å². The lowest BCUT2D eigenvalue weighted by Gasteiger charge is -2.39. The molecule has 1 aliphatic rings. The van der Waals surface area contributed by atoms with Gasteiger partial charge < -0.3 is 34.8 Å². The summed E-state index contributed by atoms with van der Waals surface area (Å²) in [5.74, 6) is 0. The number of nitrogens with zero attached hydrogens (tertiary/aromatic N) is 1. The van der Waals surface area contributed by atoms with Crippen LogP contribution in [0.3, 0.4) is 0 Å². The minimum atomic E-state index is -1.43. The fourth-order valence-electron chi connectivity index (χ4n) is 1.61. The highest BCUT2D eigenvalue weighted by atomic mass is 32.1. The maximum absolute atomic E-state index is 9.70. The highest BCUT2D eigenvalue weighted by Crippen LogP contribution is 2.21. The molecule has 0 amide bonds. The van der Waals surface area contributed by atoms with Crippen molar-refractivity contribution in [2.24, 2.45) is 0 Å². The average molecular weight is 313 g/mol. The van der Waals surface area contributed by atoms with Crippen LogP contribution in [0.5, 0.6) is 0 Å². The highest BCUT2D eigenvalue weighted by Gasteiger charge is 2.43. The topological polar surface area (TPSA) is 103 Å². The normalized spacial score (nSPS) is 35.2. The van der Waals surface area contributed by atoms with Gasteiger partial charge in [-0.2, -0.15) is 0 Å². The van der Waals surface area contributed by atoms with Gasteiger partial charge in [-0.1, -0.05) is 12.2 Å². The first kappa shape index (κ1) is 17.1. The molecule has 0 bridgehead atoms. The molecule has 1 rings (SSSR count). The fraction of sp³-hybridized carbons (Fsp3) is 0.900. The lowest BCUT2D eigenvalue weighted by atomic mass is 9.99. The van der Waals surface area contributed by atoms with Crippen molar-refractivity contribution in [3.05, 3.63) is 0 Å². The van der Waals surface area contributed by atoms with Gasteiger partial charge in [-0.25, -0.2) is 0 Å². The van der Waals surface area contributed by atoms with Gasteiger partial charge in [-0.05, 0) is 0 Å². The number of likely N-dealkylation sites (N-methyl/N-ethyl adjacent to an activating group) is 1. The number of thiol groups is 1. The van der Waals surface area contributed by atoms with Crippen LogP contribution >= 0.6 is 24.8 Å². The van der Waals surface area contributed by atoms with Crippen molar-refractivity contribution >= 4 is 29.2 Å². The molecule has 0 radical (unpaired) electrons. The Hall–Kier alpha value is 0. The molecule has 4 N–H and O–H groups in total. The maximum atomic E-state index is 9.70. The number of aliphatic hydroxyl groups is 4. The van der Waals surface area contributed by atoms with Crippen molar-refractivity contribution in [1.82, 2.24) is 4.90 Å². The van der Waals surface area contributed by atoms with Gasteiger partial charge in [0.25, 0.3) is 0 Å². The second kappa shape index (κ2) is 7.70. The zero-order valence-corrected chi connectivity index (χ0v) is 12.1. The van der Waals surface area contributed by atoms with Gasteiger partial charge in [-0.3, -0.25) is 0 Å². The molecular formula is C10H19NO6S2. The molecule has 0 aromatic carbocycles. The summed E-state index contributed by atoms with van der Waals surface area (Å²) in [6, 6.07) is 0. The monoisotopic (exact) mass is 313 g/mol. The number of thiocarbonyl (C=S) groups is 1. The van der Waals surface area contributed by atoms with Crippen LogP contribution in [0.4, 0.5) is 0 Å². The van der Waals surface area contributed by atoms with Crippen LogP contribution in [0.1, 0.15) is 0 Å². The van der Waals surface area contributed by atoms with Gasteiger partial charge in [0.15, 0.2) is 6.29 Å². The Morgan fingerprint density at radius 2 is 1.95 bits per heavy atom. The maximum Gasteiger partial charge on any atom is 0.186 e. The Balaban J connectivity index is 2.46. The summed E-state index contributed by atoms with van der Waals surface area (Å²) in [5, 5.41) is 37.8. The lowest BCUT2D eigenvalue weighted by molar-refractivity contribution is -0.301. The van der Waals surface area contributed by atoms with Crippen LogP contribution in [-0.2, 0) is 9.47 Å². The second-order valence-electron chi connectivity index (χ2n) is 4.27. The Labute approximate surface area is 122 Å². The lowest BCUT2D eigenvalue weighted by Crippen LogP contribution is -2.59. The quantitative estimate of drug-likeness (QED) is 0.292. The van der Waals surface area contributed by atoms with Gasteiger partial charge in [0, 0.05) is 13.6 Å². The molecule has 19 heavy (non-hydrogen) atoms. The molecule has 1 saturated heterocycles. The zero-order chi connectivity index (χ0) is 14.6. The van der Waals surface area contributed by atoms with Crippen molar-refractivity contribution in [2.45, 2.75) is 30.7 Å². The number of hydrogen-bond donors (Lipinski definition) is 5. The highest BCUT2D eigenvalue weighted by molar-refractivity contribution is 8.10. The summed E-state index contributed by atoms with van der Waals surface area (Å²) in [7, 11) is 1.73. The van der Waals surface area contributed by atoms with Crippen molar-refractivity contribution in [1.29, 1.82) is 0 Å². The molecule has 0 aromatic rings. The van der Waals surface area contributed by atoms with E-state index in [1.165, 1.54) is 0 Å². The van der Waals surface area contributed by atoms with Crippen LogP contribution in [0, 0.1) is 0 Å². The molecule has 0 aromatic heterocycles. The Morgan fingerprint density at radius 1 is 1.32 bits per heavy atom. The van der Waals surface area contributed by atoms with E-state index in [2.05, 4.69) is 12.6 Å². The summed E-state index contributed by atoms with van der Waals surface area (Å²) in [6.07, 6.45) is -6.28. The SMILES string of the molecule is CN(CCO[C@@H]1OC(CO)[C@@H](O)C(O)C1O)C(=S)S. The van der Waals surface area contributed by atoms with Gasteiger partial charge in [0.2, 0.25) is 0 Å². The van der Waals surface area contributed by atoms with E-state index >= 15 is 0 Å². The third kappa shape index (κ3) is 4.50. The molecule has 3 unspecified atom stereocenters. The van der Waals surface area contributed by atoms with E-state index < -0.39 is 37.3 Å². The Bertz CT molecular complexity index is 306. The van der Waals surface area contributed by atoms with Crippen molar-refractivity contribution in [2.75, 3.05) is 26.8 Å². The van der Waals surface area contributed by atoms with Gasteiger partial charge in [-0.15, -0.1) is 12.6 Å². The standard InChI is InChI=1S/C10H19NO6S2/c1-11(10(18)19)2-3-16-9-8(15)7(14)6(13)5(4-12)17-9/h5-9,12-15H,2-4H2,1H3,(H,18,19)/t5?,6-,7?,8?,9-/m1/s1. The average Bonchev–Trinajstić information content (AvgIpc) is 2.38. The number of hydrogen-bond acceptors (Lipinski definition) is 7. The van der Waals surface area contributed by atoms with E-state index in [1.54, 1.807) is 11.9 Å². The van der Waals surface area contributed by atoms with Gasteiger partial charge >= 0.3 is 0 Å². The smallest absolute Gasteiger partial charge is 0.186 e. The first-order chi connectivity index (χ1) is 8.88. The number of rotatable bonds is 5. The minimum Gasteiger partial charge on any atom is -0.394 e. The predicted molar refractivity (Wildman–Crippen MR) is 73.9 cm³/mol. The third-order valence-corrected chi connectivity index (χ3v) is 3.54. The van der Waals surface area contributed by atoms with E-state index in [0.29, 0.717) is 10.9 Å². The van der Waals surface area contributed by atoms with E-state index in [1.807, 2.05) is 0 Å². The molecule has 5 atom stereocenters. The summed E-state index contributed by atoms with van der Waals surface area (Å²) >= 11 is 8.81. The van der Waals surface area contributed by atoms with E-state index in [4.69, 9.17) is 26.8 Å². The molecule has 1 aliphatic heterocycles. The van der Waals surface area contributed by atoms with E-state index in [0.717, 1.165) is 0 Å². The molecular weight excluding hydrogens is 294 g/mol. The fourth-order valence-corrected chi connectivity index (χ4v) is 1.80. The van der Waals surface area contributed by atoms with Crippen LogP contribution in [0.2, 0.25) is 0 Å². The van der Waals surface area contributed by atoms with Crippen molar-refractivity contribution in [3.63, 3.8) is 0 Å². The van der Waals surface area contributed by atoms with Crippen LogP contribution in [-0.4, -0.2) is 87.2 Å². The summed E-state index contributed by atoms with van der Waals surface area (Å²) in [5.41, 5.74) is 0. The van der Waals surface area contributed by atoms with E-state index in [9.17, 15) is 15.3 Å². The Kier molecular flexibility index (Phi) is 6.91. The summed E-state index contributed by atoms with van der Waals surface area (Å²) in [4.78, 5) is 1.66. The third-order valence-electron chi connectivity index (χ3n) is 2.88. The van der Waals surface area contributed by atoms with Crippen LogP contribution in [0.15, 0.2) is 0 Å². The molecule has 1 fully saturated rings. The van der Waals surface area contributed by atoms with Crippen LogP contribution in [0.25, 0.3) is 0 Å². The summed E-state index contributed by atoms with van der Waals surface area (Å²) < 4.78 is 10.8. The van der Waals surface area contributed by atoms with Crippen molar-refractivity contribution < 1.29 is 29.9 Å². The molecule has 0 saturated carbocycles. The predicted octanol–water partition coefficient (Wildman–Crippen LogP) is -2.05. The first-order valence-corrected chi connectivity index (χ1v) is 6.60. The summed E-state index contributed by atoms with van der Waals surface area (Å²) in [6.45, 7) is 0.128. The molecule has 0 spiro atoms. The van der Waals surface area contributed by atoms with Crippen LogP contribution < -0.4 is 0 Å². The number of ether oxygens (including phenoxy) is 2.